The number of aryl methyl sites for hydroxylation is 1. The summed E-state index contributed by atoms with van der Waals surface area (Å²) >= 11 is 0. The van der Waals surface area contributed by atoms with E-state index in [0.717, 1.165) is 24.5 Å². The second-order valence-electron chi connectivity index (χ2n) is 5.52. The smallest absolute Gasteiger partial charge is 0.316 e. The maximum absolute atomic E-state index is 12.8. The molecule has 2 rings (SSSR count). The number of hydrogen-bond donors (Lipinski definition) is 1. The molecule has 118 valence electrons. The number of ketones is 1. The first kappa shape index (κ1) is 16.2. The predicted molar refractivity (Wildman–Crippen MR) is 78.7 cm³/mol. The van der Waals surface area contributed by atoms with E-state index in [9.17, 15) is 19.1 Å². The average molecular weight is 306 g/mol. The van der Waals surface area contributed by atoms with Crippen molar-refractivity contribution in [1.29, 1.82) is 0 Å². The van der Waals surface area contributed by atoms with Gasteiger partial charge in [-0.3, -0.25) is 9.59 Å². The molecule has 4 nitrogen and oxygen atoms in total. The van der Waals surface area contributed by atoms with Crippen molar-refractivity contribution in [1.82, 2.24) is 0 Å². The first-order valence-electron chi connectivity index (χ1n) is 7.27. The van der Waals surface area contributed by atoms with Crippen molar-refractivity contribution in [3.8, 4) is 0 Å². The summed E-state index contributed by atoms with van der Waals surface area (Å²) in [5.74, 6) is -2.21. The van der Waals surface area contributed by atoms with Crippen molar-refractivity contribution < 1.29 is 23.8 Å². The molecular weight excluding hydrogens is 287 g/mol. The third-order valence-corrected chi connectivity index (χ3v) is 3.97. The highest BCUT2D eigenvalue weighted by atomic mass is 19.1. The lowest BCUT2D eigenvalue weighted by Crippen LogP contribution is -2.32. The molecule has 0 amide bonds. The molecule has 5 heteroatoms. The van der Waals surface area contributed by atoms with Crippen LogP contribution >= 0.6 is 0 Å². The number of carbonyl (C=O) groups excluding carboxylic acids is 2. The minimum absolute atomic E-state index is 0.176. The molecule has 0 bridgehead atoms. The van der Waals surface area contributed by atoms with Gasteiger partial charge in [-0.15, -0.1) is 0 Å². The zero-order chi connectivity index (χ0) is 16.1. The largest absolute Gasteiger partial charge is 0.511 e. The highest BCUT2D eigenvalue weighted by Crippen LogP contribution is 2.32. The number of halogens is 1. The van der Waals surface area contributed by atoms with Crippen molar-refractivity contribution >= 4 is 11.8 Å². The van der Waals surface area contributed by atoms with Crippen LogP contribution in [0.1, 0.15) is 24.8 Å². The monoisotopic (exact) mass is 306 g/mol. The summed E-state index contributed by atoms with van der Waals surface area (Å²) in [5.41, 5.74) is 0.998. The van der Waals surface area contributed by atoms with Crippen LogP contribution in [0, 0.1) is 17.7 Å². The number of ether oxygens (including phenoxy) is 1. The van der Waals surface area contributed by atoms with Crippen molar-refractivity contribution in [2.75, 3.05) is 7.11 Å². The van der Waals surface area contributed by atoms with E-state index in [1.807, 2.05) is 0 Å². The van der Waals surface area contributed by atoms with Crippen LogP contribution in [0.3, 0.4) is 0 Å². The molecule has 2 unspecified atom stereocenters. The molecule has 2 atom stereocenters. The fraction of sp³-hybridized carbons (Fsp3) is 0.412. The summed E-state index contributed by atoms with van der Waals surface area (Å²) in [5, 5.41) is 9.86. The van der Waals surface area contributed by atoms with Crippen LogP contribution in [0.4, 0.5) is 4.39 Å². The lowest BCUT2D eigenvalue weighted by Gasteiger charge is -2.27. The van der Waals surface area contributed by atoms with Crippen molar-refractivity contribution in [2.45, 2.75) is 25.7 Å². The van der Waals surface area contributed by atoms with Gasteiger partial charge in [-0.1, -0.05) is 12.1 Å². The van der Waals surface area contributed by atoms with E-state index >= 15 is 0 Å². The Morgan fingerprint density at radius 2 is 2.05 bits per heavy atom. The minimum atomic E-state index is -0.768. The van der Waals surface area contributed by atoms with Crippen molar-refractivity contribution in [2.24, 2.45) is 11.8 Å². The number of benzene rings is 1. The van der Waals surface area contributed by atoms with Gasteiger partial charge in [0, 0.05) is 12.5 Å². The molecule has 0 saturated heterocycles. The lowest BCUT2D eigenvalue weighted by molar-refractivity contribution is -0.147. The topological polar surface area (TPSA) is 63.6 Å². The van der Waals surface area contributed by atoms with Gasteiger partial charge >= 0.3 is 5.97 Å². The number of esters is 1. The molecule has 1 N–H and O–H groups in total. The second kappa shape index (κ2) is 7.20. The number of methoxy groups -OCH3 is 1. The quantitative estimate of drug-likeness (QED) is 0.850. The number of rotatable bonds is 5. The Bertz CT molecular complexity index is 577. The standard InChI is InChI=1S/C17H19FO4/c1-22-17(21)16-12(9-14(19)10-15(16)20)4-2-3-11-5-7-13(18)8-6-11/h5-8,10,12,16,20H,2-4,9H2,1H3. The first-order chi connectivity index (χ1) is 10.5. The van der Waals surface area contributed by atoms with Gasteiger partial charge in [0.25, 0.3) is 0 Å². The molecule has 1 aliphatic carbocycles. The van der Waals surface area contributed by atoms with E-state index in [-0.39, 0.29) is 29.7 Å². The summed E-state index contributed by atoms with van der Waals surface area (Å²) in [6.07, 6.45) is 3.42. The van der Waals surface area contributed by atoms with Gasteiger partial charge in [0.05, 0.1) is 7.11 Å². The van der Waals surface area contributed by atoms with Gasteiger partial charge in [-0.2, -0.15) is 0 Å². The van der Waals surface area contributed by atoms with Gasteiger partial charge in [0.2, 0.25) is 0 Å². The van der Waals surface area contributed by atoms with E-state index in [1.54, 1.807) is 12.1 Å². The number of aliphatic hydroxyl groups excluding tert-OH is 1. The number of aliphatic hydroxyl groups is 1. The normalized spacial score (nSPS) is 21.4. The predicted octanol–water partition coefficient (Wildman–Crippen LogP) is 2.97. The molecule has 0 heterocycles. The van der Waals surface area contributed by atoms with E-state index in [0.29, 0.717) is 6.42 Å². The number of allylic oxidation sites excluding steroid dienone is 1. The Balaban J connectivity index is 1.97. The minimum Gasteiger partial charge on any atom is -0.511 e. The zero-order valence-corrected chi connectivity index (χ0v) is 12.4. The van der Waals surface area contributed by atoms with Gasteiger partial charge in [-0.05, 0) is 42.9 Å². The van der Waals surface area contributed by atoms with E-state index in [1.165, 1.54) is 19.2 Å². The van der Waals surface area contributed by atoms with E-state index in [2.05, 4.69) is 0 Å². The molecule has 1 aliphatic rings. The fourth-order valence-electron chi connectivity index (χ4n) is 2.86. The van der Waals surface area contributed by atoms with Gasteiger partial charge in [0.1, 0.15) is 17.5 Å². The van der Waals surface area contributed by atoms with Crippen LogP contribution < -0.4 is 0 Å². The van der Waals surface area contributed by atoms with Crippen LogP contribution in [0.5, 0.6) is 0 Å². The van der Waals surface area contributed by atoms with Gasteiger partial charge < -0.3 is 9.84 Å². The highest BCUT2D eigenvalue weighted by molar-refractivity contribution is 5.93. The summed E-state index contributed by atoms with van der Waals surface area (Å²) < 4.78 is 17.6. The Hall–Kier alpha value is -2.17. The Morgan fingerprint density at radius 3 is 2.68 bits per heavy atom. The van der Waals surface area contributed by atoms with Crippen LogP contribution in [-0.2, 0) is 20.7 Å². The Labute approximate surface area is 128 Å². The van der Waals surface area contributed by atoms with Crippen molar-refractivity contribution in [3.05, 3.63) is 47.5 Å². The molecule has 0 aliphatic heterocycles. The summed E-state index contributed by atoms with van der Waals surface area (Å²) in [7, 11) is 1.27. The molecule has 1 aromatic rings. The maximum atomic E-state index is 12.8. The van der Waals surface area contributed by atoms with E-state index in [4.69, 9.17) is 4.74 Å². The zero-order valence-electron chi connectivity index (χ0n) is 12.4. The van der Waals surface area contributed by atoms with Crippen LogP contribution in [0.25, 0.3) is 0 Å². The summed E-state index contributed by atoms with van der Waals surface area (Å²) in [6.45, 7) is 0. The Morgan fingerprint density at radius 1 is 1.36 bits per heavy atom. The molecule has 22 heavy (non-hydrogen) atoms. The third-order valence-electron chi connectivity index (χ3n) is 3.97. The molecule has 0 radical (unpaired) electrons. The summed E-state index contributed by atoms with van der Waals surface area (Å²) in [4.78, 5) is 23.4. The van der Waals surface area contributed by atoms with Gasteiger partial charge in [0.15, 0.2) is 5.78 Å². The fourth-order valence-corrected chi connectivity index (χ4v) is 2.86. The number of hydrogen-bond acceptors (Lipinski definition) is 4. The highest BCUT2D eigenvalue weighted by Gasteiger charge is 2.37. The average Bonchev–Trinajstić information content (AvgIpc) is 2.48. The lowest BCUT2D eigenvalue weighted by atomic mass is 9.78. The third kappa shape index (κ3) is 3.93. The summed E-state index contributed by atoms with van der Waals surface area (Å²) in [6, 6.07) is 6.25. The van der Waals surface area contributed by atoms with Crippen molar-refractivity contribution in [3.63, 3.8) is 0 Å². The maximum Gasteiger partial charge on any atom is 0.316 e. The second-order valence-corrected chi connectivity index (χ2v) is 5.52. The molecule has 0 aromatic heterocycles. The first-order valence-corrected chi connectivity index (χ1v) is 7.27. The SMILES string of the molecule is COC(=O)C1C(O)=CC(=O)CC1CCCc1ccc(F)cc1. The molecule has 0 fully saturated rings. The van der Waals surface area contributed by atoms with E-state index < -0.39 is 11.9 Å². The molecule has 0 saturated carbocycles. The molecule has 0 spiro atoms. The Kier molecular flexibility index (Phi) is 5.31. The van der Waals surface area contributed by atoms with Crippen LogP contribution in [0.2, 0.25) is 0 Å². The molecular formula is C17H19FO4. The van der Waals surface area contributed by atoms with Crippen LogP contribution in [0.15, 0.2) is 36.1 Å². The van der Waals surface area contributed by atoms with Crippen LogP contribution in [-0.4, -0.2) is 24.0 Å². The number of carbonyl (C=O) groups is 2. The van der Waals surface area contributed by atoms with Gasteiger partial charge in [-0.25, -0.2) is 4.39 Å². The molecule has 1 aromatic carbocycles.